The van der Waals surface area contributed by atoms with Crippen molar-refractivity contribution in [1.82, 2.24) is 4.98 Å². The molecule has 1 aromatic heterocycles. The first kappa shape index (κ1) is 15.7. The second kappa shape index (κ2) is 6.54. The number of aryl methyl sites for hydroxylation is 1. The molecule has 0 spiro atoms. The zero-order valence-corrected chi connectivity index (χ0v) is 13.6. The summed E-state index contributed by atoms with van der Waals surface area (Å²) in [6.07, 6.45) is 2.91. The van der Waals surface area contributed by atoms with Crippen molar-refractivity contribution in [1.29, 1.82) is 0 Å². The van der Waals surface area contributed by atoms with Gasteiger partial charge in [0.05, 0.1) is 0 Å². The number of hydrogen-bond donors (Lipinski definition) is 2. The van der Waals surface area contributed by atoms with Crippen LogP contribution in [0.2, 0.25) is 0 Å². The number of carbonyl (C=O) groups is 1. The maximum Gasteiger partial charge on any atom is 0.255 e. The minimum absolute atomic E-state index is 0.218. The van der Waals surface area contributed by atoms with Gasteiger partial charge in [-0.05, 0) is 54.6 Å². The summed E-state index contributed by atoms with van der Waals surface area (Å²) in [4.78, 5) is 27.0. The van der Waals surface area contributed by atoms with Crippen LogP contribution in [0.15, 0.2) is 59.4 Å². The molecule has 24 heavy (non-hydrogen) atoms. The van der Waals surface area contributed by atoms with Gasteiger partial charge < -0.3 is 10.3 Å². The highest BCUT2D eigenvalue weighted by Gasteiger charge is 2.04. The second-order valence-electron chi connectivity index (χ2n) is 5.71. The number of hydrogen-bond acceptors (Lipinski definition) is 2. The normalized spacial score (nSPS) is 11.1. The molecule has 0 saturated carbocycles. The van der Waals surface area contributed by atoms with E-state index in [2.05, 4.69) is 10.3 Å². The van der Waals surface area contributed by atoms with Crippen LogP contribution in [-0.2, 0) is 4.79 Å². The molecule has 120 valence electrons. The minimum Gasteiger partial charge on any atom is -0.322 e. The third-order valence-corrected chi connectivity index (χ3v) is 4.06. The molecule has 4 nitrogen and oxygen atoms in total. The van der Waals surface area contributed by atoms with E-state index >= 15 is 0 Å². The Hall–Kier alpha value is -3.14. The van der Waals surface area contributed by atoms with Gasteiger partial charge in [-0.25, -0.2) is 0 Å². The van der Waals surface area contributed by atoms with Crippen molar-refractivity contribution < 1.29 is 4.79 Å². The Morgan fingerprint density at radius 2 is 1.88 bits per heavy atom. The van der Waals surface area contributed by atoms with Crippen LogP contribution in [0.4, 0.5) is 5.69 Å². The van der Waals surface area contributed by atoms with E-state index in [4.69, 9.17) is 0 Å². The summed E-state index contributed by atoms with van der Waals surface area (Å²) in [6.45, 7) is 3.96. The van der Waals surface area contributed by atoms with E-state index in [9.17, 15) is 9.59 Å². The molecule has 0 aliphatic rings. The summed E-state index contributed by atoms with van der Waals surface area (Å²) < 4.78 is 0. The average molecular weight is 318 g/mol. The molecule has 3 rings (SSSR count). The summed E-state index contributed by atoms with van der Waals surface area (Å²) in [5.74, 6) is -0.267. The summed E-state index contributed by atoms with van der Waals surface area (Å²) in [5.41, 5.74) is 3.93. The molecule has 0 fully saturated rings. The standard InChI is InChI=1S/C20H18N2O2/c1-13-6-5-9-17(14(13)2)21-19(23)11-10-16-12-15-7-3-4-8-18(15)22-20(16)24/h3-12H,1-2H3,(H,21,23)(H,22,24)/b11-10+. The largest absolute Gasteiger partial charge is 0.322 e. The predicted octanol–water partition coefficient (Wildman–Crippen LogP) is 3.80. The van der Waals surface area contributed by atoms with Gasteiger partial charge in [0, 0.05) is 22.8 Å². The van der Waals surface area contributed by atoms with E-state index in [0.29, 0.717) is 5.56 Å². The third kappa shape index (κ3) is 3.27. The lowest BCUT2D eigenvalue weighted by Gasteiger charge is -2.08. The lowest BCUT2D eigenvalue weighted by molar-refractivity contribution is -0.111. The number of benzene rings is 2. The highest BCUT2D eigenvalue weighted by Crippen LogP contribution is 2.18. The Morgan fingerprint density at radius 1 is 1.08 bits per heavy atom. The zero-order valence-electron chi connectivity index (χ0n) is 13.6. The number of anilines is 1. The van der Waals surface area contributed by atoms with Crippen molar-refractivity contribution in [3.8, 4) is 0 Å². The van der Waals surface area contributed by atoms with Crippen molar-refractivity contribution in [3.05, 3.63) is 81.7 Å². The maximum atomic E-state index is 12.1. The number of rotatable bonds is 3. The first-order valence-electron chi connectivity index (χ1n) is 7.72. The molecule has 3 aromatic rings. The van der Waals surface area contributed by atoms with Crippen LogP contribution >= 0.6 is 0 Å². The number of amides is 1. The predicted molar refractivity (Wildman–Crippen MR) is 98.1 cm³/mol. The molecule has 2 N–H and O–H groups in total. The Balaban J connectivity index is 1.83. The summed E-state index contributed by atoms with van der Waals surface area (Å²) in [6, 6.07) is 15.1. The van der Waals surface area contributed by atoms with Crippen molar-refractivity contribution in [2.75, 3.05) is 5.32 Å². The average Bonchev–Trinajstić information content (AvgIpc) is 2.57. The minimum atomic E-state index is -0.267. The van der Waals surface area contributed by atoms with E-state index in [1.807, 2.05) is 56.3 Å². The van der Waals surface area contributed by atoms with Gasteiger partial charge in [-0.2, -0.15) is 0 Å². The van der Waals surface area contributed by atoms with Crippen LogP contribution in [0, 0.1) is 13.8 Å². The molecule has 1 heterocycles. The van der Waals surface area contributed by atoms with Gasteiger partial charge in [0.1, 0.15) is 0 Å². The van der Waals surface area contributed by atoms with Crippen LogP contribution in [-0.4, -0.2) is 10.9 Å². The number of carbonyl (C=O) groups excluding carboxylic acids is 1. The topological polar surface area (TPSA) is 62.0 Å². The molecule has 0 aliphatic carbocycles. The monoisotopic (exact) mass is 318 g/mol. The number of para-hydroxylation sites is 1. The molecule has 0 atom stereocenters. The fraction of sp³-hybridized carbons (Fsp3) is 0.100. The van der Waals surface area contributed by atoms with E-state index in [1.54, 1.807) is 6.07 Å². The third-order valence-electron chi connectivity index (χ3n) is 4.06. The fourth-order valence-corrected chi connectivity index (χ4v) is 2.51. The highest BCUT2D eigenvalue weighted by atomic mass is 16.1. The first-order valence-corrected chi connectivity index (χ1v) is 7.72. The Labute approximate surface area is 139 Å². The number of fused-ring (bicyclic) bond motifs is 1. The van der Waals surface area contributed by atoms with Crippen molar-refractivity contribution in [2.24, 2.45) is 0 Å². The van der Waals surface area contributed by atoms with Gasteiger partial charge in [0.15, 0.2) is 0 Å². The number of aromatic amines is 1. The SMILES string of the molecule is Cc1cccc(NC(=O)/C=C/c2cc3ccccc3[nH]c2=O)c1C. The van der Waals surface area contributed by atoms with E-state index in [0.717, 1.165) is 27.7 Å². The number of nitrogens with one attached hydrogen (secondary N) is 2. The Morgan fingerprint density at radius 3 is 2.71 bits per heavy atom. The molecule has 2 aromatic carbocycles. The summed E-state index contributed by atoms with van der Waals surface area (Å²) in [7, 11) is 0. The van der Waals surface area contributed by atoms with Gasteiger partial charge in [-0.15, -0.1) is 0 Å². The van der Waals surface area contributed by atoms with Gasteiger partial charge in [-0.3, -0.25) is 9.59 Å². The quantitative estimate of drug-likeness (QED) is 0.722. The van der Waals surface area contributed by atoms with E-state index in [1.165, 1.54) is 12.2 Å². The van der Waals surface area contributed by atoms with Gasteiger partial charge in [0.25, 0.3) is 5.56 Å². The molecule has 0 saturated heterocycles. The summed E-state index contributed by atoms with van der Waals surface area (Å²) in [5, 5.41) is 3.76. The molecule has 0 bridgehead atoms. The van der Waals surface area contributed by atoms with Crippen molar-refractivity contribution >= 4 is 28.6 Å². The van der Waals surface area contributed by atoms with Gasteiger partial charge in [0.2, 0.25) is 5.91 Å². The Bertz CT molecular complexity index is 1000. The summed E-state index contributed by atoms with van der Waals surface area (Å²) >= 11 is 0. The lowest BCUT2D eigenvalue weighted by atomic mass is 10.1. The van der Waals surface area contributed by atoms with Crippen LogP contribution < -0.4 is 10.9 Å². The lowest BCUT2D eigenvalue weighted by Crippen LogP contribution is -2.11. The van der Waals surface area contributed by atoms with E-state index in [-0.39, 0.29) is 11.5 Å². The molecule has 0 aliphatic heterocycles. The van der Waals surface area contributed by atoms with E-state index < -0.39 is 0 Å². The fourth-order valence-electron chi connectivity index (χ4n) is 2.51. The second-order valence-corrected chi connectivity index (χ2v) is 5.71. The molecule has 0 radical (unpaired) electrons. The highest BCUT2D eigenvalue weighted by molar-refractivity contribution is 6.02. The first-order chi connectivity index (χ1) is 11.5. The van der Waals surface area contributed by atoms with Crippen molar-refractivity contribution in [2.45, 2.75) is 13.8 Å². The Kier molecular flexibility index (Phi) is 4.29. The van der Waals surface area contributed by atoms with Crippen LogP contribution in [0.25, 0.3) is 17.0 Å². The molecule has 1 amide bonds. The molecule has 0 unspecified atom stereocenters. The maximum absolute atomic E-state index is 12.1. The van der Waals surface area contributed by atoms with Crippen LogP contribution in [0.5, 0.6) is 0 Å². The molecule has 4 heteroatoms. The smallest absolute Gasteiger partial charge is 0.255 e. The van der Waals surface area contributed by atoms with Crippen molar-refractivity contribution in [3.63, 3.8) is 0 Å². The van der Waals surface area contributed by atoms with Gasteiger partial charge >= 0.3 is 0 Å². The number of pyridine rings is 1. The number of H-pyrrole nitrogens is 1. The number of aromatic nitrogens is 1. The van der Waals surface area contributed by atoms with Crippen LogP contribution in [0.3, 0.4) is 0 Å². The van der Waals surface area contributed by atoms with Crippen LogP contribution in [0.1, 0.15) is 16.7 Å². The zero-order chi connectivity index (χ0) is 17.1. The van der Waals surface area contributed by atoms with Gasteiger partial charge in [-0.1, -0.05) is 30.3 Å². The molecular formula is C20H18N2O2. The molecular weight excluding hydrogens is 300 g/mol.